The lowest BCUT2D eigenvalue weighted by molar-refractivity contribution is -0.133. The van der Waals surface area contributed by atoms with Crippen LogP contribution in [0.3, 0.4) is 0 Å². The van der Waals surface area contributed by atoms with Crippen LogP contribution < -0.4 is 5.32 Å². The third kappa shape index (κ3) is 4.70. The minimum absolute atomic E-state index is 0.160. The molecular formula is C17H18ClN3O3. The number of carbonyl (C=O) groups is 2. The molecule has 6 nitrogen and oxygen atoms in total. The summed E-state index contributed by atoms with van der Waals surface area (Å²) in [6, 6.07) is 10.6. The van der Waals surface area contributed by atoms with E-state index in [0.717, 1.165) is 0 Å². The number of nitrogens with one attached hydrogen (secondary N) is 1. The summed E-state index contributed by atoms with van der Waals surface area (Å²) in [5.41, 5.74) is 0.672. The molecule has 7 heteroatoms. The van der Waals surface area contributed by atoms with Crippen LogP contribution in [-0.2, 0) is 9.59 Å². The molecule has 0 spiro atoms. The zero-order chi connectivity index (χ0) is 17.5. The summed E-state index contributed by atoms with van der Waals surface area (Å²) < 4.78 is 4.88. The number of nitrogens with zero attached hydrogens (tertiary/aromatic N) is 2. The topological polar surface area (TPSA) is 75.4 Å². The third-order valence-electron chi connectivity index (χ3n) is 3.20. The Morgan fingerprint density at radius 2 is 2.12 bits per heavy atom. The van der Waals surface area contributed by atoms with Crippen molar-refractivity contribution in [1.29, 1.82) is 0 Å². The van der Waals surface area contributed by atoms with E-state index >= 15 is 0 Å². The van der Waals surface area contributed by atoms with Crippen molar-refractivity contribution in [2.45, 2.75) is 12.3 Å². The second-order valence-corrected chi connectivity index (χ2v) is 5.59. The van der Waals surface area contributed by atoms with E-state index in [1.807, 2.05) is 6.07 Å². The number of amides is 2. The highest BCUT2D eigenvalue weighted by atomic mass is 35.5. The highest BCUT2D eigenvalue weighted by Gasteiger charge is 2.25. The Morgan fingerprint density at radius 1 is 1.42 bits per heavy atom. The normalized spacial score (nSPS) is 11.6. The molecule has 0 aliphatic heterocycles. The number of aromatic nitrogens is 1. The summed E-state index contributed by atoms with van der Waals surface area (Å²) in [5.74, 6) is 0.118. The van der Waals surface area contributed by atoms with E-state index in [-0.39, 0.29) is 19.0 Å². The molecule has 1 unspecified atom stereocenters. The molecule has 2 amide bonds. The van der Waals surface area contributed by atoms with Crippen molar-refractivity contribution >= 4 is 29.2 Å². The lowest BCUT2D eigenvalue weighted by atomic mass is 10.1. The van der Waals surface area contributed by atoms with Crippen LogP contribution in [0.5, 0.6) is 0 Å². The summed E-state index contributed by atoms with van der Waals surface area (Å²) in [7, 11) is 0. The van der Waals surface area contributed by atoms with E-state index < -0.39 is 11.3 Å². The molecule has 0 bridgehead atoms. The van der Waals surface area contributed by atoms with Gasteiger partial charge >= 0.3 is 0 Å². The molecule has 1 heterocycles. The monoisotopic (exact) mass is 347 g/mol. The van der Waals surface area contributed by atoms with Gasteiger partial charge < -0.3 is 14.7 Å². The van der Waals surface area contributed by atoms with Gasteiger partial charge in [0.1, 0.15) is 17.7 Å². The number of carbonyl (C=O) groups excluding carboxylic acids is 2. The number of aryl methyl sites for hydroxylation is 1. The second kappa shape index (κ2) is 8.31. The molecule has 1 N–H and O–H groups in total. The average molecular weight is 348 g/mol. The Hall–Kier alpha value is -2.60. The molecule has 2 rings (SSSR count). The van der Waals surface area contributed by atoms with E-state index in [4.69, 9.17) is 16.1 Å². The van der Waals surface area contributed by atoms with E-state index in [9.17, 15) is 9.59 Å². The van der Waals surface area contributed by atoms with Gasteiger partial charge in [0.05, 0.1) is 0 Å². The maximum atomic E-state index is 12.6. The van der Waals surface area contributed by atoms with Gasteiger partial charge in [-0.1, -0.05) is 41.6 Å². The van der Waals surface area contributed by atoms with Gasteiger partial charge in [-0.3, -0.25) is 9.59 Å². The third-order valence-corrected chi connectivity index (χ3v) is 3.64. The molecule has 0 fully saturated rings. The van der Waals surface area contributed by atoms with Crippen LogP contribution in [0.2, 0.25) is 0 Å². The van der Waals surface area contributed by atoms with Crippen molar-refractivity contribution in [3.63, 3.8) is 0 Å². The van der Waals surface area contributed by atoms with Crippen LogP contribution in [0.1, 0.15) is 16.7 Å². The molecule has 2 aromatic rings. The highest BCUT2D eigenvalue weighted by molar-refractivity contribution is 6.30. The molecule has 126 valence electrons. The Labute approximate surface area is 145 Å². The Balaban J connectivity index is 2.03. The van der Waals surface area contributed by atoms with Crippen LogP contribution in [0, 0.1) is 6.92 Å². The van der Waals surface area contributed by atoms with Crippen molar-refractivity contribution in [2.24, 2.45) is 0 Å². The summed E-state index contributed by atoms with van der Waals surface area (Å²) in [4.78, 5) is 26.0. The lowest BCUT2D eigenvalue weighted by Crippen LogP contribution is -2.39. The quantitative estimate of drug-likeness (QED) is 0.617. The highest BCUT2D eigenvalue weighted by Crippen LogP contribution is 2.22. The zero-order valence-corrected chi connectivity index (χ0v) is 14.0. The Bertz CT molecular complexity index is 715. The molecule has 1 atom stereocenters. The lowest BCUT2D eigenvalue weighted by Gasteiger charge is -2.23. The van der Waals surface area contributed by atoms with Crippen molar-refractivity contribution in [3.8, 4) is 0 Å². The van der Waals surface area contributed by atoms with Crippen molar-refractivity contribution in [1.82, 2.24) is 10.1 Å². The van der Waals surface area contributed by atoms with Gasteiger partial charge in [-0.05, 0) is 12.5 Å². The predicted octanol–water partition coefficient (Wildman–Crippen LogP) is 2.92. The molecule has 0 saturated heterocycles. The first-order chi connectivity index (χ1) is 11.5. The molecule has 0 aliphatic carbocycles. The minimum Gasteiger partial charge on any atom is -0.360 e. The second-order valence-electron chi connectivity index (χ2n) is 5.15. The number of anilines is 1. The van der Waals surface area contributed by atoms with Crippen LogP contribution in [0.25, 0.3) is 0 Å². The predicted molar refractivity (Wildman–Crippen MR) is 91.7 cm³/mol. The van der Waals surface area contributed by atoms with Crippen LogP contribution in [0.15, 0.2) is 53.6 Å². The van der Waals surface area contributed by atoms with E-state index in [1.54, 1.807) is 43.3 Å². The van der Waals surface area contributed by atoms with Gasteiger partial charge in [-0.2, -0.15) is 0 Å². The van der Waals surface area contributed by atoms with Gasteiger partial charge in [0, 0.05) is 12.6 Å². The van der Waals surface area contributed by atoms with Crippen molar-refractivity contribution < 1.29 is 14.1 Å². The number of rotatable bonds is 7. The first-order valence-corrected chi connectivity index (χ1v) is 7.76. The molecule has 0 aliphatic rings. The fraction of sp³-hybridized carbons (Fsp3) is 0.235. The minimum atomic E-state index is -0.867. The van der Waals surface area contributed by atoms with Gasteiger partial charge in [-0.15, -0.1) is 18.2 Å². The largest absolute Gasteiger partial charge is 0.360 e. The molecule has 0 radical (unpaired) electrons. The average Bonchev–Trinajstić information content (AvgIpc) is 2.98. The molecular weight excluding hydrogens is 330 g/mol. The van der Waals surface area contributed by atoms with Crippen molar-refractivity contribution in [3.05, 3.63) is 60.4 Å². The van der Waals surface area contributed by atoms with Gasteiger partial charge in [0.2, 0.25) is 11.8 Å². The molecule has 24 heavy (non-hydrogen) atoms. The molecule has 0 saturated carbocycles. The van der Waals surface area contributed by atoms with Gasteiger partial charge in [0.25, 0.3) is 0 Å². The first kappa shape index (κ1) is 17.7. The number of benzene rings is 1. The van der Waals surface area contributed by atoms with Gasteiger partial charge in [-0.25, -0.2) is 0 Å². The molecule has 1 aromatic carbocycles. The van der Waals surface area contributed by atoms with Crippen LogP contribution in [0.4, 0.5) is 5.82 Å². The number of hydrogen-bond donors (Lipinski definition) is 1. The van der Waals surface area contributed by atoms with Crippen LogP contribution in [-0.4, -0.2) is 35.0 Å². The standard InChI is InChI=1S/C17H18ClN3O3/c1-3-9-21(11-15(22)19-14-10-12(2)24-20-14)17(23)16(18)13-7-5-4-6-8-13/h3-8,10,16H,1,9,11H2,2H3,(H,19,20,22). The Kier molecular flexibility index (Phi) is 6.14. The fourth-order valence-electron chi connectivity index (χ4n) is 2.09. The van der Waals surface area contributed by atoms with E-state index in [2.05, 4.69) is 17.1 Å². The Morgan fingerprint density at radius 3 is 2.71 bits per heavy atom. The summed E-state index contributed by atoms with van der Waals surface area (Å²) in [6.07, 6.45) is 1.54. The smallest absolute Gasteiger partial charge is 0.245 e. The summed E-state index contributed by atoms with van der Waals surface area (Å²) >= 11 is 6.25. The number of alkyl halides is 1. The summed E-state index contributed by atoms with van der Waals surface area (Å²) in [6.45, 7) is 5.38. The van der Waals surface area contributed by atoms with E-state index in [1.165, 1.54) is 4.90 Å². The number of halogens is 1. The SMILES string of the molecule is C=CCN(CC(=O)Nc1cc(C)on1)C(=O)C(Cl)c1ccccc1. The zero-order valence-electron chi connectivity index (χ0n) is 13.2. The van der Waals surface area contributed by atoms with Gasteiger partial charge in [0.15, 0.2) is 5.82 Å². The van der Waals surface area contributed by atoms with E-state index in [0.29, 0.717) is 17.1 Å². The van der Waals surface area contributed by atoms with Crippen molar-refractivity contribution in [2.75, 3.05) is 18.4 Å². The number of hydrogen-bond acceptors (Lipinski definition) is 4. The maximum Gasteiger partial charge on any atom is 0.245 e. The molecule has 1 aromatic heterocycles. The maximum absolute atomic E-state index is 12.6. The van der Waals surface area contributed by atoms with Crippen LogP contribution >= 0.6 is 11.6 Å². The fourth-order valence-corrected chi connectivity index (χ4v) is 2.38. The summed E-state index contributed by atoms with van der Waals surface area (Å²) in [5, 5.41) is 5.38. The first-order valence-electron chi connectivity index (χ1n) is 7.33.